The highest BCUT2D eigenvalue weighted by Gasteiger charge is 2.00. The van der Waals surface area contributed by atoms with Gasteiger partial charge in [0.15, 0.2) is 0 Å². The third kappa shape index (κ3) is 3.45. The van der Waals surface area contributed by atoms with Crippen molar-refractivity contribution in [2.75, 3.05) is 5.32 Å². The van der Waals surface area contributed by atoms with Crippen LogP contribution in [-0.2, 0) is 6.54 Å². The van der Waals surface area contributed by atoms with Crippen molar-refractivity contribution in [2.24, 2.45) is 0 Å². The normalized spacial score (nSPS) is 10.3. The molecule has 0 fully saturated rings. The van der Waals surface area contributed by atoms with Crippen molar-refractivity contribution in [3.05, 3.63) is 63.3 Å². The van der Waals surface area contributed by atoms with Gasteiger partial charge < -0.3 is 5.32 Å². The fourth-order valence-electron chi connectivity index (χ4n) is 1.42. The van der Waals surface area contributed by atoms with E-state index in [1.807, 2.05) is 24.3 Å². The van der Waals surface area contributed by atoms with Gasteiger partial charge in [-0.15, -0.1) is 0 Å². The maximum Gasteiger partial charge on any atom is 0.141 e. The summed E-state index contributed by atoms with van der Waals surface area (Å²) < 4.78 is 14.0. The van der Waals surface area contributed by atoms with E-state index in [0.717, 1.165) is 15.7 Å². The summed E-state index contributed by atoms with van der Waals surface area (Å²) in [5, 5.41) is 3.39. The fraction of sp³-hybridized carbons (Fsp3) is 0.0769. The van der Waals surface area contributed by atoms with Crippen LogP contribution in [0.15, 0.2) is 46.9 Å². The highest BCUT2D eigenvalue weighted by Crippen LogP contribution is 2.18. The van der Waals surface area contributed by atoms with Crippen LogP contribution in [0.3, 0.4) is 0 Å². The van der Waals surface area contributed by atoms with Crippen LogP contribution in [0.25, 0.3) is 0 Å². The first-order valence-electron chi connectivity index (χ1n) is 5.08. The molecule has 0 saturated heterocycles. The molecule has 0 atom stereocenters. The van der Waals surface area contributed by atoms with Gasteiger partial charge in [0.2, 0.25) is 0 Å². The molecular formula is C13H10BrClFN. The molecule has 88 valence electrons. The summed E-state index contributed by atoms with van der Waals surface area (Å²) in [6.45, 7) is 0.613. The van der Waals surface area contributed by atoms with E-state index in [2.05, 4.69) is 21.2 Å². The second-order valence-corrected chi connectivity index (χ2v) is 4.93. The van der Waals surface area contributed by atoms with Crippen LogP contribution in [0.1, 0.15) is 5.56 Å². The molecule has 0 heterocycles. The number of anilines is 1. The van der Waals surface area contributed by atoms with Gasteiger partial charge in [-0.2, -0.15) is 0 Å². The minimum Gasteiger partial charge on any atom is -0.381 e. The first-order valence-corrected chi connectivity index (χ1v) is 6.25. The Labute approximate surface area is 113 Å². The molecule has 0 bridgehead atoms. The zero-order chi connectivity index (χ0) is 12.3. The number of hydrogen-bond donors (Lipinski definition) is 1. The van der Waals surface area contributed by atoms with Crippen LogP contribution < -0.4 is 5.32 Å². The van der Waals surface area contributed by atoms with Crippen molar-refractivity contribution >= 4 is 33.2 Å². The molecule has 0 aliphatic rings. The molecule has 0 aliphatic carbocycles. The Morgan fingerprint density at radius 1 is 1.12 bits per heavy atom. The van der Waals surface area contributed by atoms with Gasteiger partial charge in [0.25, 0.3) is 0 Å². The molecule has 2 rings (SSSR count). The van der Waals surface area contributed by atoms with Crippen LogP contribution in [0.5, 0.6) is 0 Å². The number of rotatable bonds is 3. The predicted octanol–water partition coefficient (Wildman–Crippen LogP) is 4.85. The average molecular weight is 315 g/mol. The van der Waals surface area contributed by atoms with Gasteiger partial charge in [0.05, 0.1) is 5.02 Å². The third-order valence-corrected chi connectivity index (χ3v) is 3.14. The van der Waals surface area contributed by atoms with Crippen molar-refractivity contribution < 1.29 is 4.39 Å². The molecule has 0 radical (unpaired) electrons. The Kier molecular flexibility index (Phi) is 4.02. The van der Waals surface area contributed by atoms with E-state index in [0.29, 0.717) is 6.54 Å². The summed E-state index contributed by atoms with van der Waals surface area (Å²) in [7, 11) is 0. The van der Waals surface area contributed by atoms with Crippen molar-refractivity contribution in [1.29, 1.82) is 0 Å². The standard InChI is InChI=1S/C13H10BrClFN/c14-10-2-4-11(5-3-10)17-8-9-1-6-13(16)12(15)7-9/h1-7,17H,8H2. The molecule has 2 aromatic carbocycles. The predicted molar refractivity (Wildman–Crippen MR) is 72.9 cm³/mol. The Morgan fingerprint density at radius 3 is 2.47 bits per heavy atom. The van der Waals surface area contributed by atoms with E-state index in [9.17, 15) is 4.39 Å². The quantitative estimate of drug-likeness (QED) is 0.853. The number of halogens is 3. The van der Waals surface area contributed by atoms with Crippen LogP contribution in [0.2, 0.25) is 5.02 Å². The molecule has 17 heavy (non-hydrogen) atoms. The Morgan fingerprint density at radius 2 is 1.82 bits per heavy atom. The van der Waals surface area contributed by atoms with E-state index >= 15 is 0 Å². The van der Waals surface area contributed by atoms with Gasteiger partial charge >= 0.3 is 0 Å². The Bertz CT molecular complexity index is 513. The van der Waals surface area contributed by atoms with E-state index < -0.39 is 0 Å². The average Bonchev–Trinajstić information content (AvgIpc) is 2.33. The summed E-state index contributed by atoms with van der Waals surface area (Å²) in [5.74, 6) is -0.390. The zero-order valence-electron chi connectivity index (χ0n) is 8.88. The lowest BCUT2D eigenvalue weighted by atomic mass is 10.2. The van der Waals surface area contributed by atoms with Gasteiger partial charge in [-0.05, 0) is 42.0 Å². The van der Waals surface area contributed by atoms with Crippen molar-refractivity contribution in [2.45, 2.75) is 6.54 Å². The summed E-state index contributed by atoms with van der Waals surface area (Å²) in [5.41, 5.74) is 1.95. The van der Waals surface area contributed by atoms with Crippen LogP contribution in [0, 0.1) is 5.82 Å². The SMILES string of the molecule is Fc1ccc(CNc2ccc(Br)cc2)cc1Cl. The largest absolute Gasteiger partial charge is 0.381 e. The Balaban J connectivity index is 2.02. The maximum absolute atomic E-state index is 12.9. The van der Waals surface area contributed by atoms with Crippen LogP contribution >= 0.6 is 27.5 Å². The molecule has 0 aromatic heterocycles. The van der Waals surface area contributed by atoms with Gasteiger partial charge in [-0.1, -0.05) is 33.6 Å². The zero-order valence-corrected chi connectivity index (χ0v) is 11.2. The highest BCUT2D eigenvalue weighted by molar-refractivity contribution is 9.10. The third-order valence-electron chi connectivity index (χ3n) is 2.32. The molecule has 1 N–H and O–H groups in total. The van der Waals surface area contributed by atoms with E-state index in [1.54, 1.807) is 12.1 Å². The molecule has 0 unspecified atom stereocenters. The van der Waals surface area contributed by atoms with E-state index in [4.69, 9.17) is 11.6 Å². The van der Waals surface area contributed by atoms with Gasteiger partial charge in [-0.3, -0.25) is 0 Å². The molecular weight excluding hydrogens is 305 g/mol. The molecule has 2 aromatic rings. The van der Waals surface area contributed by atoms with Crippen molar-refractivity contribution in [3.8, 4) is 0 Å². The van der Waals surface area contributed by atoms with E-state index in [-0.39, 0.29) is 10.8 Å². The van der Waals surface area contributed by atoms with Crippen molar-refractivity contribution in [3.63, 3.8) is 0 Å². The Hall–Kier alpha value is -1.06. The molecule has 0 saturated carbocycles. The molecule has 0 amide bonds. The number of hydrogen-bond acceptors (Lipinski definition) is 1. The van der Waals surface area contributed by atoms with Crippen LogP contribution in [-0.4, -0.2) is 0 Å². The van der Waals surface area contributed by atoms with E-state index in [1.165, 1.54) is 6.07 Å². The first kappa shape index (κ1) is 12.4. The summed E-state index contributed by atoms with van der Waals surface area (Å²) >= 11 is 9.08. The number of benzene rings is 2. The molecule has 0 aliphatic heterocycles. The smallest absolute Gasteiger partial charge is 0.141 e. The minimum absolute atomic E-state index is 0.153. The first-order chi connectivity index (χ1) is 8.15. The van der Waals surface area contributed by atoms with Gasteiger partial charge in [-0.25, -0.2) is 4.39 Å². The topological polar surface area (TPSA) is 12.0 Å². The van der Waals surface area contributed by atoms with Crippen LogP contribution in [0.4, 0.5) is 10.1 Å². The lowest BCUT2D eigenvalue weighted by Gasteiger charge is -2.07. The molecule has 4 heteroatoms. The number of nitrogens with one attached hydrogen (secondary N) is 1. The maximum atomic E-state index is 12.9. The highest BCUT2D eigenvalue weighted by atomic mass is 79.9. The second kappa shape index (κ2) is 5.52. The monoisotopic (exact) mass is 313 g/mol. The lowest BCUT2D eigenvalue weighted by molar-refractivity contribution is 0.627. The summed E-state index contributed by atoms with van der Waals surface area (Å²) in [4.78, 5) is 0. The van der Waals surface area contributed by atoms with Crippen molar-refractivity contribution in [1.82, 2.24) is 0 Å². The molecule has 0 spiro atoms. The summed E-state index contributed by atoms with van der Waals surface area (Å²) in [6, 6.07) is 12.6. The lowest BCUT2D eigenvalue weighted by Crippen LogP contribution is -1.99. The second-order valence-electron chi connectivity index (χ2n) is 3.61. The van der Waals surface area contributed by atoms with Gasteiger partial charge in [0.1, 0.15) is 5.82 Å². The fourth-order valence-corrected chi connectivity index (χ4v) is 1.89. The minimum atomic E-state index is -0.390. The molecule has 1 nitrogen and oxygen atoms in total. The van der Waals surface area contributed by atoms with Gasteiger partial charge in [0, 0.05) is 16.7 Å². The summed E-state index contributed by atoms with van der Waals surface area (Å²) in [6.07, 6.45) is 0.